The van der Waals surface area contributed by atoms with Gasteiger partial charge in [-0.05, 0) is 39.1 Å². The number of sulfonamides is 1. The molecule has 8 nitrogen and oxygen atoms in total. The molecule has 0 radical (unpaired) electrons. The van der Waals surface area contributed by atoms with Crippen molar-refractivity contribution in [3.8, 4) is 0 Å². The molecule has 0 saturated carbocycles. The molecule has 9 heteroatoms. The molecule has 1 aromatic carbocycles. The van der Waals surface area contributed by atoms with Crippen molar-refractivity contribution >= 4 is 21.6 Å². The highest BCUT2D eigenvalue weighted by Crippen LogP contribution is 2.15. The van der Waals surface area contributed by atoms with Gasteiger partial charge in [-0.3, -0.25) is 9.69 Å². The number of aromatic nitrogens is 1. The van der Waals surface area contributed by atoms with E-state index in [4.69, 9.17) is 9.66 Å². The molecule has 0 aliphatic heterocycles. The van der Waals surface area contributed by atoms with Crippen LogP contribution in [0.15, 0.2) is 33.7 Å². The summed E-state index contributed by atoms with van der Waals surface area (Å²) in [5.74, 6) is 0.455. The van der Waals surface area contributed by atoms with Gasteiger partial charge in [-0.1, -0.05) is 11.2 Å². The maximum absolute atomic E-state index is 12.1. The molecular formula is C15H20N4O4S. The van der Waals surface area contributed by atoms with Crippen molar-refractivity contribution in [2.45, 2.75) is 25.3 Å². The summed E-state index contributed by atoms with van der Waals surface area (Å²) in [6.07, 6.45) is 0. The third-order valence-corrected chi connectivity index (χ3v) is 4.38. The van der Waals surface area contributed by atoms with Gasteiger partial charge in [0.15, 0.2) is 0 Å². The Kier molecular flexibility index (Phi) is 5.37. The number of carbonyl (C=O) groups excluding carboxylic acids is 1. The number of aryl methyl sites for hydroxylation is 2. The number of primary sulfonamides is 1. The zero-order chi connectivity index (χ0) is 17.9. The van der Waals surface area contributed by atoms with Crippen LogP contribution in [0.2, 0.25) is 0 Å². The Morgan fingerprint density at radius 2 is 2.08 bits per heavy atom. The zero-order valence-corrected chi connectivity index (χ0v) is 14.6. The summed E-state index contributed by atoms with van der Waals surface area (Å²) in [4.78, 5) is 13.9. The minimum absolute atomic E-state index is 0.0515. The Morgan fingerprint density at radius 3 is 2.67 bits per heavy atom. The van der Waals surface area contributed by atoms with Gasteiger partial charge >= 0.3 is 0 Å². The maximum atomic E-state index is 12.1. The van der Waals surface area contributed by atoms with E-state index in [0.29, 0.717) is 12.2 Å². The van der Waals surface area contributed by atoms with E-state index in [0.717, 1.165) is 17.0 Å². The monoisotopic (exact) mass is 352 g/mol. The van der Waals surface area contributed by atoms with Gasteiger partial charge in [0.25, 0.3) is 0 Å². The number of rotatable bonds is 6. The summed E-state index contributed by atoms with van der Waals surface area (Å²) in [6, 6.07) is 5.81. The quantitative estimate of drug-likeness (QED) is 0.801. The molecule has 1 amide bonds. The number of nitrogens with two attached hydrogens (primary N) is 1. The average molecular weight is 352 g/mol. The van der Waals surface area contributed by atoms with Crippen LogP contribution in [0, 0.1) is 13.8 Å². The Morgan fingerprint density at radius 1 is 1.38 bits per heavy atom. The number of carbonyl (C=O) groups is 1. The van der Waals surface area contributed by atoms with Crippen LogP contribution in [0.3, 0.4) is 0 Å². The van der Waals surface area contributed by atoms with E-state index in [2.05, 4.69) is 10.5 Å². The van der Waals surface area contributed by atoms with E-state index in [-0.39, 0.29) is 17.3 Å². The van der Waals surface area contributed by atoms with E-state index in [1.54, 1.807) is 13.1 Å². The summed E-state index contributed by atoms with van der Waals surface area (Å²) in [7, 11) is -2.01. The fourth-order valence-electron chi connectivity index (χ4n) is 2.25. The van der Waals surface area contributed by atoms with Crippen molar-refractivity contribution in [3.63, 3.8) is 0 Å². The molecule has 3 N–H and O–H groups in total. The summed E-state index contributed by atoms with van der Waals surface area (Å²) in [5.41, 5.74) is 2.11. The first-order chi connectivity index (χ1) is 11.2. The number of amides is 1. The smallest absolute Gasteiger partial charge is 0.238 e. The predicted octanol–water partition coefficient (Wildman–Crippen LogP) is 1.01. The van der Waals surface area contributed by atoms with Crippen molar-refractivity contribution < 1.29 is 17.7 Å². The summed E-state index contributed by atoms with van der Waals surface area (Å²) in [6.45, 7) is 4.32. The molecule has 0 fully saturated rings. The van der Waals surface area contributed by atoms with E-state index < -0.39 is 10.0 Å². The van der Waals surface area contributed by atoms with Crippen molar-refractivity contribution in [2.24, 2.45) is 5.14 Å². The molecule has 0 unspecified atom stereocenters. The van der Waals surface area contributed by atoms with E-state index in [1.165, 1.54) is 18.2 Å². The number of nitrogens with one attached hydrogen (secondary N) is 1. The van der Waals surface area contributed by atoms with Gasteiger partial charge in [0.2, 0.25) is 15.9 Å². The molecule has 2 aromatic rings. The number of benzene rings is 1. The second kappa shape index (κ2) is 7.12. The molecule has 0 spiro atoms. The fraction of sp³-hybridized carbons (Fsp3) is 0.333. The van der Waals surface area contributed by atoms with E-state index in [1.807, 2.05) is 18.7 Å². The average Bonchev–Trinajstić information content (AvgIpc) is 2.78. The van der Waals surface area contributed by atoms with Crippen LogP contribution in [0.25, 0.3) is 0 Å². The van der Waals surface area contributed by atoms with Crippen molar-refractivity contribution in [1.82, 2.24) is 10.1 Å². The van der Waals surface area contributed by atoms with Crippen LogP contribution in [0.4, 0.5) is 5.69 Å². The maximum Gasteiger partial charge on any atom is 0.238 e. The number of hydrogen-bond acceptors (Lipinski definition) is 6. The van der Waals surface area contributed by atoms with Crippen molar-refractivity contribution in [2.75, 3.05) is 18.9 Å². The van der Waals surface area contributed by atoms with Crippen molar-refractivity contribution in [3.05, 3.63) is 41.3 Å². The molecular weight excluding hydrogens is 332 g/mol. The third-order valence-electron chi connectivity index (χ3n) is 3.47. The molecule has 1 heterocycles. The second-order valence-corrected chi connectivity index (χ2v) is 7.16. The first-order valence-corrected chi connectivity index (χ1v) is 8.74. The minimum atomic E-state index is -3.81. The first-order valence-electron chi connectivity index (χ1n) is 7.20. The van der Waals surface area contributed by atoms with Crippen LogP contribution in [-0.2, 0) is 21.4 Å². The molecule has 24 heavy (non-hydrogen) atoms. The van der Waals surface area contributed by atoms with Crippen LogP contribution in [-0.4, -0.2) is 38.0 Å². The number of anilines is 1. The Labute approximate surface area is 140 Å². The molecule has 0 aliphatic rings. The third kappa shape index (κ3) is 4.63. The largest absolute Gasteiger partial charge is 0.361 e. The molecule has 0 atom stereocenters. The lowest BCUT2D eigenvalue weighted by atomic mass is 10.2. The fourth-order valence-corrected chi connectivity index (χ4v) is 2.81. The lowest BCUT2D eigenvalue weighted by Crippen LogP contribution is -2.30. The molecule has 0 bridgehead atoms. The van der Waals surface area contributed by atoms with Crippen LogP contribution in [0.1, 0.15) is 17.0 Å². The highest BCUT2D eigenvalue weighted by atomic mass is 32.2. The number of nitrogens with zero attached hydrogens (tertiary/aromatic N) is 2. The summed E-state index contributed by atoms with van der Waals surface area (Å²) in [5, 5.41) is 11.6. The Bertz CT molecular complexity index is 825. The molecule has 130 valence electrons. The molecule has 0 saturated heterocycles. The highest BCUT2D eigenvalue weighted by Gasteiger charge is 2.14. The van der Waals surface area contributed by atoms with Gasteiger partial charge in [0, 0.05) is 17.8 Å². The standard InChI is InChI=1S/C15H20N4O4S/c1-10-14(11(2)23-18-10)8-19(3)9-15(20)17-12-5-4-6-13(7-12)24(16,21)22/h4-7H,8-9H2,1-3H3,(H,17,20)(H2,16,21,22). The van der Waals surface area contributed by atoms with Crippen LogP contribution >= 0.6 is 0 Å². The second-order valence-electron chi connectivity index (χ2n) is 5.60. The highest BCUT2D eigenvalue weighted by molar-refractivity contribution is 7.89. The van der Waals surface area contributed by atoms with E-state index in [9.17, 15) is 13.2 Å². The van der Waals surface area contributed by atoms with Gasteiger partial charge in [0.05, 0.1) is 17.1 Å². The van der Waals surface area contributed by atoms with Gasteiger partial charge in [-0.2, -0.15) is 0 Å². The Hall–Kier alpha value is -2.23. The topological polar surface area (TPSA) is 119 Å². The van der Waals surface area contributed by atoms with Gasteiger partial charge in [-0.25, -0.2) is 13.6 Å². The zero-order valence-electron chi connectivity index (χ0n) is 13.7. The predicted molar refractivity (Wildman–Crippen MR) is 88.8 cm³/mol. The van der Waals surface area contributed by atoms with E-state index >= 15 is 0 Å². The summed E-state index contributed by atoms with van der Waals surface area (Å²) >= 11 is 0. The van der Waals surface area contributed by atoms with Crippen LogP contribution < -0.4 is 10.5 Å². The molecule has 1 aromatic heterocycles. The number of likely N-dealkylation sites (N-methyl/N-ethyl adjacent to an activating group) is 1. The lowest BCUT2D eigenvalue weighted by molar-refractivity contribution is -0.117. The summed E-state index contributed by atoms with van der Waals surface area (Å²) < 4.78 is 27.8. The van der Waals surface area contributed by atoms with Crippen molar-refractivity contribution in [1.29, 1.82) is 0 Å². The van der Waals surface area contributed by atoms with Gasteiger partial charge in [0.1, 0.15) is 5.76 Å². The number of hydrogen-bond donors (Lipinski definition) is 2. The molecule has 2 rings (SSSR count). The van der Waals surface area contributed by atoms with Gasteiger partial charge in [-0.15, -0.1) is 0 Å². The van der Waals surface area contributed by atoms with Gasteiger partial charge < -0.3 is 9.84 Å². The minimum Gasteiger partial charge on any atom is -0.361 e. The Balaban J connectivity index is 1.98. The lowest BCUT2D eigenvalue weighted by Gasteiger charge is -2.16. The molecule has 0 aliphatic carbocycles. The SMILES string of the molecule is Cc1noc(C)c1CN(C)CC(=O)Nc1cccc(S(N)(=O)=O)c1. The van der Waals surface area contributed by atoms with Crippen LogP contribution in [0.5, 0.6) is 0 Å². The first kappa shape index (κ1) is 18.1. The normalized spacial score (nSPS) is 11.7.